The van der Waals surface area contributed by atoms with E-state index in [4.69, 9.17) is 0 Å². The lowest BCUT2D eigenvalue weighted by Gasteiger charge is -2.13. The molecule has 1 aliphatic carbocycles. The number of allylic oxidation sites excluding steroid dienone is 2. The molecule has 0 aromatic carbocycles. The van der Waals surface area contributed by atoms with Crippen molar-refractivity contribution in [2.75, 3.05) is 0 Å². The molecule has 1 aliphatic heterocycles. The smallest absolute Gasteiger partial charge is 0.290 e. The summed E-state index contributed by atoms with van der Waals surface area (Å²) in [6, 6.07) is -0.986. The number of ketones is 1. The van der Waals surface area contributed by atoms with E-state index in [1.54, 1.807) is 0 Å². The summed E-state index contributed by atoms with van der Waals surface area (Å²) in [4.78, 5) is 21.5. The maximum atomic E-state index is 11.4. The van der Waals surface area contributed by atoms with Crippen LogP contribution in [0.3, 0.4) is 0 Å². The highest BCUT2D eigenvalue weighted by Gasteiger charge is 2.41. The number of nitro groups is 1. The van der Waals surface area contributed by atoms with E-state index in [-0.39, 0.29) is 17.1 Å². The number of hydrogen-bond acceptors (Lipinski definition) is 4. The fourth-order valence-corrected chi connectivity index (χ4v) is 1.58. The summed E-state index contributed by atoms with van der Waals surface area (Å²) >= 11 is 0. The van der Waals surface area contributed by atoms with Crippen LogP contribution >= 0.6 is 0 Å². The third-order valence-corrected chi connectivity index (χ3v) is 2.24. The minimum absolute atomic E-state index is 0.164. The van der Waals surface area contributed by atoms with E-state index in [9.17, 15) is 20.1 Å². The lowest BCUT2D eigenvalue weighted by molar-refractivity contribution is -0.781. The van der Waals surface area contributed by atoms with Gasteiger partial charge in [0.15, 0.2) is 0 Å². The van der Waals surface area contributed by atoms with Gasteiger partial charge in [0.1, 0.15) is 5.57 Å². The Morgan fingerprint density at radius 2 is 2.13 bits per heavy atom. The largest absolute Gasteiger partial charge is 0.294 e. The van der Waals surface area contributed by atoms with Crippen molar-refractivity contribution in [1.29, 1.82) is 0 Å². The second kappa shape index (κ2) is 3.16. The zero-order valence-electron chi connectivity index (χ0n) is 7.53. The first-order valence-electron chi connectivity index (χ1n) is 4.20. The Labute approximate surface area is 84.2 Å². The Hall–Kier alpha value is -2.24. The Morgan fingerprint density at radius 3 is 2.80 bits per heavy atom. The molecule has 76 valence electrons. The van der Waals surface area contributed by atoms with Gasteiger partial charge in [0, 0.05) is 12.2 Å². The summed E-state index contributed by atoms with van der Waals surface area (Å²) in [7, 11) is 0. The van der Waals surface area contributed by atoms with Crippen molar-refractivity contribution in [2.24, 2.45) is 0 Å². The van der Waals surface area contributed by atoms with Crippen molar-refractivity contribution in [3.63, 3.8) is 0 Å². The minimum atomic E-state index is -0.986. The van der Waals surface area contributed by atoms with Gasteiger partial charge in [0.25, 0.3) is 11.7 Å². The summed E-state index contributed by atoms with van der Waals surface area (Å²) in [5.74, 6) is -0.376. The molecular formula is C9H7N2O4+. The van der Waals surface area contributed by atoms with Gasteiger partial charge >= 0.3 is 0 Å². The van der Waals surface area contributed by atoms with E-state index in [0.29, 0.717) is 4.74 Å². The number of carbonyl (C=O) groups excluding carboxylic acids is 1. The van der Waals surface area contributed by atoms with Crippen molar-refractivity contribution in [3.05, 3.63) is 45.7 Å². The summed E-state index contributed by atoms with van der Waals surface area (Å²) in [5, 5.41) is 20.1. The highest BCUT2D eigenvalue weighted by atomic mass is 16.6. The fourth-order valence-electron chi connectivity index (χ4n) is 1.58. The molecule has 0 aromatic heterocycles. The van der Waals surface area contributed by atoms with E-state index in [1.165, 1.54) is 18.4 Å². The first kappa shape index (κ1) is 9.32. The number of fused-ring (bicyclic) bond motifs is 1. The molecule has 0 spiro atoms. The van der Waals surface area contributed by atoms with Crippen LogP contribution in [0.2, 0.25) is 0 Å². The van der Waals surface area contributed by atoms with Gasteiger partial charge in [-0.15, -0.1) is 0 Å². The predicted octanol–water partition coefficient (Wildman–Crippen LogP) is 0.0670. The SMILES string of the molecule is O=C1C=CC([N+](=O)[O-])=C2C=CC=[N+](O)C12. The van der Waals surface area contributed by atoms with Crippen LogP contribution in [0.25, 0.3) is 0 Å². The zero-order chi connectivity index (χ0) is 11.0. The quantitative estimate of drug-likeness (QED) is 0.285. The Balaban J connectivity index is 2.59. The van der Waals surface area contributed by atoms with Crippen LogP contribution in [-0.2, 0) is 4.79 Å². The molecule has 0 bridgehead atoms. The molecule has 0 fully saturated rings. The van der Waals surface area contributed by atoms with Gasteiger partial charge in [-0.25, -0.2) is 0 Å². The average molecular weight is 207 g/mol. The Kier molecular flexibility index (Phi) is 1.96. The van der Waals surface area contributed by atoms with Crippen LogP contribution in [0, 0.1) is 10.1 Å². The van der Waals surface area contributed by atoms with Crippen molar-refractivity contribution in [2.45, 2.75) is 6.04 Å². The second-order valence-electron chi connectivity index (χ2n) is 3.12. The van der Waals surface area contributed by atoms with Gasteiger partial charge in [0.05, 0.1) is 4.92 Å². The first-order valence-corrected chi connectivity index (χ1v) is 4.20. The monoisotopic (exact) mass is 207 g/mol. The van der Waals surface area contributed by atoms with Gasteiger partial charge in [-0.2, -0.15) is 0 Å². The molecule has 6 heteroatoms. The van der Waals surface area contributed by atoms with Crippen LogP contribution in [0.1, 0.15) is 0 Å². The molecule has 0 aromatic rings. The van der Waals surface area contributed by atoms with E-state index >= 15 is 0 Å². The van der Waals surface area contributed by atoms with Gasteiger partial charge in [0.2, 0.25) is 12.0 Å². The molecule has 1 N–H and O–H groups in total. The van der Waals surface area contributed by atoms with E-state index in [2.05, 4.69) is 0 Å². The number of rotatable bonds is 1. The first-order chi connectivity index (χ1) is 7.11. The Morgan fingerprint density at radius 1 is 1.40 bits per heavy atom. The maximum Gasteiger partial charge on any atom is 0.294 e. The molecule has 0 saturated heterocycles. The van der Waals surface area contributed by atoms with Gasteiger partial charge in [-0.05, 0) is 16.9 Å². The van der Waals surface area contributed by atoms with Crippen molar-refractivity contribution < 1.29 is 19.7 Å². The van der Waals surface area contributed by atoms with Gasteiger partial charge in [-0.1, -0.05) is 0 Å². The van der Waals surface area contributed by atoms with Crippen LogP contribution in [0.15, 0.2) is 35.6 Å². The van der Waals surface area contributed by atoms with Crippen LogP contribution in [0.5, 0.6) is 0 Å². The van der Waals surface area contributed by atoms with Crippen LogP contribution in [0.4, 0.5) is 0 Å². The van der Waals surface area contributed by atoms with E-state index < -0.39 is 11.0 Å². The average Bonchev–Trinajstić information content (AvgIpc) is 2.17. The fraction of sp³-hybridized carbons (Fsp3) is 0.111. The van der Waals surface area contributed by atoms with Gasteiger partial charge < -0.3 is 0 Å². The molecule has 2 aliphatic rings. The zero-order valence-corrected chi connectivity index (χ0v) is 7.53. The molecule has 0 saturated carbocycles. The third-order valence-electron chi connectivity index (χ3n) is 2.24. The molecular weight excluding hydrogens is 200 g/mol. The Bertz CT molecular complexity index is 471. The highest BCUT2D eigenvalue weighted by molar-refractivity contribution is 5.99. The summed E-state index contributed by atoms with van der Waals surface area (Å²) in [6.07, 6.45) is 6.43. The van der Waals surface area contributed by atoms with Crippen molar-refractivity contribution in [3.8, 4) is 0 Å². The molecule has 15 heavy (non-hydrogen) atoms. The number of nitrogens with zero attached hydrogens (tertiary/aromatic N) is 2. The lowest BCUT2D eigenvalue weighted by atomic mass is 9.94. The standard InChI is InChI=1S/C9H7N2O4/c12-8-4-3-7(11(14)15)6-2-1-5-10(13)9(6)8/h1-5,9,13H/q+1. The molecule has 1 unspecified atom stereocenters. The molecule has 0 amide bonds. The molecule has 1 heterocycles. The minimum Gasteiger partial charge on any atom is -0.290 e. The normalized spacial score (nSPS) is 23.9. The molecule has 0 radical (unpaired) electrons. The second-order valence-corrected chi connectivity index (χ2v) is 3.12. The highest BCUT2D eigenvalue weighted by Crippen LogP contribution is 2.22. The van der Waals surface area contributed by atoms with Crippen LogP contribution in [-0.4, -0.2) is 32.9 Å². The molecule has 6 nitrogen and oxygen atoms in total. The molecule has 1 atom stereocenters. The summed E-state index contributed by atoms with van der Waals surface area (Å²) in [5.41, 5.74) is 0.0421. The summed E-state index contributed by atoms with van der Waals surface area (Å²) in [6.45, 7) is 0. The molecule has 2 rings (SSSR count). The maximum absolute atomic E-state index is 11.4. The predicted molar refractivity (Wildman–Crippen MR) is 49.2 cm³/mol. The topological polar surface area (TPSA) is 83.4 Å². The van der Waals surface area contributed by atoms with E-state index in [0.717, 1.165) is 12.2 Å². The van der Waals surface area contributed by atoms with Crippen molar-refractivity contribution in [1.82, 2.24) is 0 Å². The third kappa shape index (κ3) is 1.35. The van der Waals surface area contributed by atoms with E-state index in [1.807, 2.05) is 0 Å². The lowest BCUT2D eigenvalue weighted by Crippen LogP contribution is -2.37. The summed E-state index contributed by atoms with van der Waals surface area (Å²) < 4.78 is 0.671. The van der Waals surface area contributed by atoms with Crippen molar-refractivity contribution >= 4 is 12.0 Å². The number of carbonyl (C=O) groups is 1. The van der Waals surface area contributed by atoms with Crippen LogP contribution < -0.4 is 0 Å². The number of hydroxylamine groups is 1. The number of hydrogen-bond donors (Lipinski definition) is 1. The van der Waals surface area contributed by atoms with Gasteiger partial charge in [-0.3, -0.25) is 20.1 Å².